The van der Waals surface area contributed by atoms with E-state index in [1.807, 2.05) is 11.3 Å². The zero-order chi connectivity index (χ0) is 43.8. The third-order valence-electron chi connectivity index (χ3n) is 12.9. The molecule has 0 atom stereocenters. The van der Waals surface area contributed by atoms with Crippen molar-refractivity contribution in [2.45, 2.75) is 0 Å². The van der Waals surface area contributed by atoms with E-state index in [2.05, 4.69) is 266 Å². The van der Waals surface area contributed by atoms with Crippen LogP contribution in [0.5, 0.6) is 0 Å². The normalized spacial score (nSPS) is 11.3. The van der Waals surface area contributed by atoms with Gasteiger partial charge in [0.15, 0.2) is 0 Å². The first kappa shape index (κ1) is 39.3. The van der Waals surface area contributed by atoms with Crippen LogP contribution in [0.15, 0.2) is 261 Å². The molecule has 0 saturated heterocycles. The van der Waals surface area contributed by atoms with Gasteiger partial charge in [0.2, 0.25) is 0 Å². The Morgan fingerprint density at radius 2 is 0.727 bits per heavy atom. The highest BCUT2D eigenvalue weighted by molar-refractivity contribution is 7.25. The van der Waals surface area contributed by atoms with Crippen LogP contribution in [0.4, 0.5) is 17.1 Å². The van der Waals surface area contributed by atoms with Crippen molar-refractivity contribution in [3.05, 3.63) is 261 Å². The number of hydrogen-bond acceptors (Lipinski definition) is 2. The Labute approximate surface area is 389 Å². The molecule has 11 aromatic carbocycles. The first-order valence-electron chi connectivity index (χ1n) is 22.6. The molecular weight excluding hydrogens is 815 g/mol. The van der Waals surface area contributed by atoms with Gasteiger partial charge >= 0.3 is 0 Å². The maximum atomic E-state index is 2.43. The van der Waals surface area contributed by atoms with E-state index in [-0.39, 0.29) is 0 Å². The van der Waals surface area contributed by atoms with E-state index in [1.54, 1.807) is 0 Å². The molecule has 0 radical (unpaired) electrons. The SMILES string of the molecule is c1ccc(-c2ccc(-c3ccc(N(c4ccc(-c5cccc6sc7ccccc7c56)cc4)c4ccccc4-c4cccc5cccc(-c6ccccc6)c45)cc3)cc2-c2ccccc2)cc1. The number of nitrogens with zero attached hydrogens (tertiary/aromatic N) is 1. The predicted octanol–water partition coefficient (Wildman–Crippen LogP) is 18.7. The standard InChI is InChI=1S/C64H43NS/c1-4-17-45(18-5-1)53-42-37-50(43-59(53)47-21-8-3-9-22-47)44-33-38-51(39-34-44)65(52-40-35-48(36-41-52)55-28-16-32-62-64(55)58-26-11-13-31-61(58)66-62)60-30-12-10-25-56(60)57-29-15-24-49-23-14-27-54(63(49)57)46-19-6-2-7-20-46/h1-43H. The fraction of sp³-hybridized carbons (Fsp3) is 0. The van der Waals surface area contributed by atoms with Crippen LogP contribution in [0, 0.1) is 0 Å². The van der Waals surface area contributed by atoms with Crippen molar-refractivity contribution >= 4 is 59.3 Å². The molecule has 1 nitrogen and oxygen atoms in total. The molecule has 0 aliphatic rings. The van der Waals surface area contributed by atoms with Crippen molar-refractivity contribution in [2.24, 2.45) is 0 Å². The second kappa shape index (κ2) is 17.0. The fourth-order valence-electron chi connectivity index (χ4n) is 9.81. The number of benzene rings is 11. The highest BCUT2D eigenvalue weighted by Gasteiger charge is 2.21. The molecule has 0 amide bonds. The highest BCUT2D eigenvalue weighted by atomic mass is 32.1. The van der Waals surface area contributed by atoms with E-state index < -0.39 is 0 Å². The topological polar surface area (TPSA) is 3.24 Å². The number of rotatable bonds is 9. The van der Waals surface area contributed by atoms with E-state index >= 15 is 0 Å². The molecular formula is C64H43NS. The van der Waals surface area contributed by atoms with Gasteiger partial charge in [-0.15, -0.1) is 11.3 Å². The van der Waals surface area contributed by atoms with Gasteiger partial charge in [0.1, 0.15) is 0 Å². The number of para-hydroxylation sites is 1. The Morgan fingerprint density at radius 1 is 0.258 bits per heavy atom. The third kappa shape index (κ3) is 7.15. The second-order valence-electron chi connectivity index (χ2n) is 16.8. The summed E-state index contributed by atoms with van der Waals surface area (Å²) in [4.78, 5) is 2.43. The summed E-state index contributed by atoms with van der Waals surface area (Å²) in [6.07, 6.45) is 0. The Balaban J connectivity index is 1.01. The highest BCUT2D eigenvalue weighted by Crippen LogP contribution is 2.46. The molecule has 12 aromatic rings. The Bertz CT molecular complexity index is 3660. The second-order valence-corrected chi connectivity index (χ2v) is 17.9. The van der Waals surface area contributed by atoms with Gasteiger partial charge in [0.05, 0.1) is 5.69 Å². The summed E-state index contributed by atoms with van der Waals surface area (Å²) in [5, 5.41) is 5.09. The summed E-state index contributed by atoms with van der Waals surface area (Å²) in [5.74, 6) is 0. The van der Waals surface area contributed by atoms with Gasteiger partial charge in [0.25, 0.3) is 0 Å². The third-order valence-corrected chi connectivity index (χ3v) is 14.0. The smallest absolute Gasteiger partial charge is 0.0540 e. The molecule has 1 aromatic heterocycles. The van der Waals surface area contributed by atoms with Crippen molar-refractivity contribution in [2.75, 3.05) is 4.90 Å². The molecule has 310 valence electrons. The van der Waals surface area contributed by atoms with Crippen molar-refractivity contribution in [3.63, 3.8) is 0 Å². The Hall–Kier alpha value is -8.30. The Kier molecular flexibility index (Phi) is 10.1. The minimum Gasteiger partial charge on any atom is -0.310 e. The van der Waals surface area contributed by atoms with E-state index in [0.717, 1.165) is 28.2 Å². The lowest BCUT2D eigenvalue weighted by atomic mass is 9.90. The van der Waals surface area contributed by atoms with Crippen molar-refractivity contribution in [1.82, 2.24) is 0 Å². The minimum atomic E-state index is 1.08. The summed E-state index contributed by atoms with van der Waals surface area (Å²) in [5.41, 5.74) is 17.7. The van der Waals surface area contributed by atoms with Crippen LogP contribution >= 0.6 is 11.3 Å². The molecule has 0 N–H and O–H groups in total. The van der Waals surface area contributed by atoms with Gasteiger partial charge in [-0.05, 0) is 121 Å². The summed E-state index contributed by atoms with van der Waals surface area (Å²) in [6, 6.07) is 95.1. The summed E-state index contributed by atoms with van der Waals surface area (Å²) in [7, 11) is 0. The summed E-state index contributed by atoms with van der Waals surface area (Å²) in [6.45, 7) is 0. The van der Waals surface area contributed by atoms with E-state index in [9.17, 15) is 0 Å². The predicted molar refractivity (Wildman–Crippen MR) is 284 cm³/mol. The van der Waals surface area contributed by atoms with Gasteiger partial charge in [-0.25, -0.2) is 0 Å². The van der Waals surface area contributed by atoms with Crippen LogP contribution < -0.4 is 4.90 Å². The molecule has 0 bridgehead atoms. The zero-order valence-electron chi connectivity index (χ0n) is 36.2. The lowest BCUT2D eigenvalue weighted by Gasteiger charge is -2.29. The van der Waals surface area contributed by atoms with Gasteiger partial charge in [-0.2, -0.15) is 0 Å². The quantitative estimate of drug-likeness (QED) is 0.140. The number of fused-ring (bicyclic) bond motifs is 4. The van der Waals surface area contributed by atoms with Gasteiger partial charge < -0.3 is 4.90 Å². The zero-order valence-corrected chi connectivity index (χ0v) is 37.0. The fourth-order valence-corrected chi connectivity index (χ4v) is 10.9. The summed E-state index contributed by atoms with van der Waals surface area (Å²) < 4.78 is 2.62. The monoisotopic (exact) mass is 857 g/mol. The lowest BCUT2D eigenvalue weighted by Crippen LogP contribution is -2.11. The van der Waals surface area contributed by atoms with Crippen LogP contribution in [0.2, 0.25) is 0 Å². The first-order valence-corrected chi connectivity index (χ1v) is 23.4. The molecule has 0 unspecified atom stereocenters. The molecule has 0 fully saturated rings. The van der Waals surface area contributed by atoms with Crippen LogP contribution in [0.3, 0.4) is 0 Å². The number of anilines is 3. The largest absolute Gasteiger partial charge is 0.310 e. The van der Waals surface area contributed by atoms with Crippen LogP contribution in [0.25, 0.3) is 97.7 Å². The lowest BCUT2D eigenvalue weighted by molar-refractivity contribution is 1.28. The maximum Gasteiger partial charge on any atom is 0.0540 e. The molecule has 1 heterocycles. The summed E-state index contributed by atoms with van der Waals surface area (Å²) >= 11 is 1.86. The molecule has 2 heteroatoms. The van der Waals surface area contributed by atoms with Crippen molar-refractivity contribution in [3.8, 4) is 66.8 Å². The van der Waals surface area contributed by atoms with Crippen LogP contribution in [0.1, 0.15) is 0 Å². The van der Waals surface area contributed by atoms with Gasteiger partial charge in [-0.1, -0.05) is 212 Å². The van der Waals surface area contributed by atoms with Gasteiger partial charge in [-0.3, -0.25) is 0 Å². The molecule has 12 rings (SSSR count). The average molecular weight is 858 g/mol. The van der Waals surface area contributed by atoms with Crippen molar-refractivity contribution < 1.29 is 0 Å². The molecule has 0 spiro atoms. The van der Waals surface area contributed by atoms with Crippen molar-refractivity contribution in [1.29, 1.82) is 0 Å². The number of hydrogen-bond donors (Lipinski definition) is 0. The average Bonchev–Trinajstić information content (AvgIpc) is 3.79. The first-order chi connectivity index (χ1) is 32.7. The minimum absolute atomic E-state index is 1.08. The maximum absolute atomic E-state index is 2.43. The molecule has 0 saturated carbocycles. The Morgan fingerprint density at radius 3 is 1.41 bits per heavy atom. The van der Waals surface area contributed by atoms with Crippen LogP contribution in [-0.4, -0.2) is 0 Å². The van der Waals surface area contributed by atoms with Gasteiger partial charge in [0, 0.05) is 37.1 Å². The molecule has 0 aliphatic heterocycles. The molecule has 0 aliphatic carbocycles. The van der Waals surface area contributed by atoms with E-state index in [4.69, 9.17) is 0 Å². The number of thiophene rings is 1. The molecule has 66 heavy (non-hydrogen) atoms. The van der Waals surface area contributed by atoms with E-state index in [1.165, 1.54) is 86.6 Å². The van der Waals surface area contributed by atoms with Crippen LogP contribution in [-0.2, 0) is 0 Å². The van der Waals surface area contributed by atoms with E-state index in [0.29, 0.717) is 0 Å².